The highest BCUT2D eigenvalue weighted by molar-refractivity contribution is 5.85. The van der Waals surface area contributed by atoms with Crippen LogP contribution in [0.4, 0.5) is 0 Å². The highest BCUT2D eigenvalue weighted by atomic mass is 16.6. The zero-order chi connectivity index (χ0) is 16.4. The van der Waals surface area contributed by atoms with Gasteiger partial charge in [-0.2, -0.15) is 5.10 Å². The fourth-order valence-corrected chi connectivity index (χ4v) is 3.00. The van der Waals surface area contributed by atoms with Crippen LogP contribution in [0.1, 0.15) is 0 Å². The van der Waals surface area contributed by atoms with Gasteiger partial charge in [0.25, 0.3) is 5.91 Å². The monoisotopic (exact) mass is 324 g/mol. The molecule has 1 aromatic carbocycles. The second-order valence-corrected chi connectivity index (χ2v) is 5.83. The molecule has 0 saturated carbocycles. The van der Waals surface area contributed by atoms with Crippen LogP contribution in [0.15, 0.2) is 65.4 Å². The number of carbonyl (C=O) groups excluding carboxylic acids is 1. The van der Waals surface area contributed by atoms with Crippen LogP contribution < -0.4 is 20.2 Å². The number of ether oxygens (including phenoxy) is 2. The van der Waals surface area contributed by atoms with Gasteiger partial charge in [-0.05, 0) is 18.2 Å². The molecule has 6 nitrogen and oxygen atoms in total. The number of nitrogens with zero attached hydrogens (tertiary/aromatic N) is 1. The second kappa shape index (κ2) is 6.33. The Hall–Kier alpha value is -2.86. The van der Waals surface area contributed by atoms with Crippen LogP contribution in [0.3, 0.4) is 0 Å². The van der Waals surface area contributed by atoms with E-state index in [-0.39, 0.29) is 12.5 Å². The predicted octanol–water partition coefficient (Wildman–Crippen LogP) is 0.500. The molecular weight excluding hydrogens is 306 g/mol. The standard InChI is InChI=1S/C18H17N3O3/c22-18(17-11-23-15-7-3-4-8-16(15)24-17)21-20-10-12-9-19-14-6-2-1-5-13(12)14/h1-10,13-14,17,19H,11H2,(H,21,22)/p+1/b20-10-/t13-,14+,17-/m1/s1. The maximum Gasteiger partial charge on any atom is 0.284 e. The van der Waals surface area contributed by atoms with E-state index in [1.54, 1.807) is 12.3 Å². The summed E-state index contributed by atoms with van der Waals surface area (Å²) in [5, 5.41) is 6.21. The third-order valence-corrected chi connectivity index (χ3v) is 4.26. The van der Waals surface area contributed by atoms with Crippen molar-refractivity contribution in [2.24, 2.45) is 11.0 Å². The van der Waals surface area contributed by atoms with Crippen LogP contribution >= 0.6 is 0 Å². The maximum absolute atomic E-state index is 12.2. The molecule has 1 aliphatic carbocycles. The molecule has 3 aliphatic rings. The molecular formula is C18H18N3O3+. The van der Waals surface area contributed by atoms with Crippen LogP contribution in [0.5, 0.6) is 11.5 Å². The number of hydrogen-bond donors (Lipinski definition) is 2. The summed E-state index contributed by atoms with van der Waals surface area (Å²) in [6.45, 7) is 0.174. The van der Waals surface area contributed by atoms with Gasteiger partial charge in [-0.3, -0.25) is 4.79 Å². The van der Waals surface area contributed by atoms with Gasteiger partial charge >= 0.3 is 0 Å². The molecule has 2 heterocycles. The van der Waals surface area contributed by atoms with Gasteiger partial charge < -0.3 is 14.8 Å². The summed E-state index contributed by atoms with van der Waals surface area (Å²) in [6.07, 6.45) is 11.4. The summed E-state index contributed by atoms with van der Waals surface area (Å²) < 4.78 is 11.2. The summed E-state index contributed by atoms with van der Waals surface area (Å²) in [6, 6.07) is 7.68. The zero-order valence-electron chi connectivity index (χ0n) is 13.0. The molecule has 1 amide bonds. The predicted molar refractivity (Wildman–Crippen MR) is 88.6 cm³/mol. The summed E-state index contributed by atoms with van der Waals surface area (Å²) in [5.41, 5.74) is 3.61. The number of carbonyl (C=O) groups is 1. The van der Waals surface area contributed by atoms with Gasteiger partial charge in [0.15, 0.2) is 11.5 Å². The van der Waals surface area contributed by atoms with E-state index >= 15 is 0 Å². The van der Waals surface area contributed by atoms with E-state index in [0.717, 1.165) is 5.57 Å². The molecule has 0 saturated heterocycles. The van der Waals surface area contributed by atoms with Gasteiger partial charge in [0.1, 0.15) is 12.6 Å². The molecule has 0 bridgehead atoms. The molecule has 3 atom stereocenters. The van der Waals surface area contributed by atoms with Crippen LogP contribution in [0.2, 0.25) is 0 Å². The first-order valence-electron chi connectivity index (χ1n) is 7.93. The minimum atomic E-state index is -0.702. The van der Waals surface area contributed by atoms with Crippen molar-refractivity contribution in [3.63, 3.8) is 0 Å². The summed E-state index contributed by atoms with van der Waals surface area (Å²) in [5.74, 6) is 1.21. The van der Waals surface area contributed by atoms with E-state index in [2.05, 4.69) is 28.0 Å². The number of hydrogen-bond acceptors (Lipinski definition) is 4. The molecule has 4 rings (SSSR count). The Morgan fingerprint density at radius 1 is 1.25 bits per heavy atom. The van der Waals surface area contributed by atoms with E-state index in [1.807, 2.05) is 36.6 Å². The fraction of sp³-hybridized carbons (Fsp3) is 0.222. The largest absolute Gasteiger partial charge is 0.485 e. The van der Waals surface area contributed by atoms with Crippen molar-refractivity contribution in [1.82, 2.24) is 5.43 Å². The lowest BCUT2D eigenvalue weighted by Crippen LogP contribution is -2.83. The van der Waals surface area contributed by atoms with Crippen LogP contribution in [0, 0.1) is 5.92 Å². The minimum absolute atomic E-state index is 0.174. The number of fused-ring (bicyclic) bond motifs is 2. The molecule has 3 N–H and O–H groups in total. The highest BCUT2D eigenvalue weighted by Crippen LogP contribution is 2.30. The van der Waals surface area contributed by atoms with Gasteiger partial charge in [0.2, 0.25) is 6.10 Å². The topological polar surface area (TPSA) is 76.5 Å². The minimum Gasteiger partial charge on any atom is -0.485 e. The average Bonchev–Trinajstić information content (AvgIpc) is 3.04. The first-order chi connectivity index (χ1) is 11.8. The van der Waals surface area contributed by atoms with Gasteiger partial charge in [-0.25, -0.2) is 5.43 Å². The van der Waals surface area contributed by atoms with Crippen molar-refractivity contribution in [3.8, 4) is 11.5 Å². The lowest BCUT2D eigenvalue weighted by atomic mass is 9.92. The third-order valence-electron chi connectivity index (χ3n) is 4.26. The Kier molecular flexibility index (Phi) is 3.88. The molecule has 0 unspecified atom stereocenters. The molecule has 0 fully saturated rings. The Morgan fingerprint density at radius 3 is 3.00 bits per heavy atom. The van der Waals surface area contributed by atoms with Crippen molar-refractivity contribution >= 4 is 12.1 Å². The maximum atomic E-state index is 12.2. The molecule has 2 aliphatic heterocycles. The smallest absolute Gasteiger partial charge is 0.284 e. The van der Waals surface area contributed by atoms with Gasteiger partial charge in [-0.1, -0.05) is 30.4 Å². The Labute approximate surface area is 139 Å². The number of nitrogens with two attached hydrogens (primary N) is 1. The van der Waals surface area contributed by atoms with Crippen molar-refractivity contribution in [1.29, 1.82) is 0 Å². The SMILES string of the molecule is O=C(N/N=C\C1=C[NH2+][C@H]2C=CC=C[C@H]12)[C@H]1COc2ccccc2O1. The van der Waals surface area contributed by atoms with Crippen molar-refractivity contribution in [3.05, 3.63) is 60.3 Å². The van der Waals surface area contributed by atoms with E-state index in [1.165, 1.54) is 0 Å². The van der Waals surface area contributed by atoms with E-state index in [0.29, 0.717) is 23.5 Å². The number of hydrazone groups is 1. The number of amides is 1. The Bertz CT molecular complexity index is 767. The zero-order valence-corrected chi connectivity index (χ0v) is 13.0. The lowest BCUT2D eigenvalue weighted by molar-refractivity contribution is -0.609. The third kappa shape index (κ3) is 2.83. The summed E-state index contributed by atoms with van der Waals surface area (Å²) in [7, 11) is 0. The first kappa shape index (κ1) is 14.7. The number of benzene rings is 1. The number of para-hydroxylation sites is 2. The number of nitrogens with one attached hydrogen (secondary N) is 1. The van der Waals surface area contributed by atoms with Crippen molar-refractivity contribution in [2.45, 2.75) is 12.1 Å². The van der Waals surface area contributed by atoms with Crippen molar-refractivity contribution < 1.29 is 19.6 Å². The molecule has 0 radical (unpaired) electrons. The molecule has 6 heteroatoms. The molecule has 1 aromatic rings. The van der Waals surface area contributed by atoms with E-state index in [4.69, 9.17) is 9.47 Å². The first-order valence-corrected chi connectivity index (χ1v) is 7.93. The molecule has 0 aromatic heterocycles. The van der Waals surface area contributed by atoms with E-state index in [9.17, 15) is 4.79 Å². The molecule has 122 valence electrons. The van der Waals surface area contributed by atoms with Crippen LogP contribution in [-0.2, 0) is 4.79 Å². The van der Waals surface area contributed by atoms with Crippen LogP contribution in [0.25, 0.3) is 0 Å². The van der Waals surface area contributed by atoms with Crippen molar-refractivity contribution in [2.75, 3.05) is 6.61 Å². The van der Waals surface area contributed by atoms with Gasteiger partial charge in [0, 0.05) is 5.57 Å². The number of quaternary nitrogens is 1. The summed E-state index contributed by atoms with van der Waals surface area (Å²) >= 11 is 0. The van der Waals surface area contributed by atoms with Crippen LogP contribution in [-0.4, -0.2) is 30.9 Å². The quantitative estimate of drug-likeness (QED) is 0.628. The molecule has 24 heavy (non-hydrogen) atoms. The van der Waals surface area contributed by atoms with Gasteiger partial charge in [-0.15, -0.1) is 0 Å². The second-order valence-electron chi connectivity index (χ2n) is 5.83. The molecule has 0 spiro atoms. The van der Waals surface area contributed by atoms with E-state index < -0.39 is 6.10 Å². The highest BCUT2D eigenvalue weighted by Gasteiger charge is 2.30. The Morgan fingerprint density at radius 2 is 2.08 bits per heavy atom. The lowest BCUT2D eigenvalue weighted by Gasteiger charge is -2.24. The normalized spacial score (nSPS) is 27.0. The summed E-state index contributed by atoms with van der Waals surface area (Å²) in [4.78, 5) is 12.2. The number of allylic oxidation sites excluding steroid dienone is 2. The average molecular weight is 324 g/mol. The number of rotatable bonds is 3. The fourth-order valence-electron chi connectivity index (χ4n) is 3.00. The Balaban J connectivity index is 1.34. The van der Waals surface area contributed by atoms with Gasteiger partial charge in [0.05, 0.1) is 18.3 Å².